The number of benzene rings is 1. The minimum absolute atomic E-state index is 0.0389. The lowest BCUT2D eigenvalue weighted by Crippen LogP contribution is -2.38. The maximum absolute atomic E-state index is 12.1. The maximum Gasteiger partial charge on any atom is 0.266 e. The molecule has 6 heteroatoms. The lowest BCUT2D eigenvalue weighted by molar-refractivity contribution is -0.121. The predicted octanol–water partition coefficient (Wildman–Crippen LogP) is 2.23. The Kier molecular flexibility index (Phi) is 3.90. The van der Waals surface area contributed by atoms with E-state index in [-0.39, 0.29) is 12.5 Å². The molecule has 21 heavy (non-hydrogen) atoms. The number of ether oxygens (including phenoxy) is 1. The van der Waals surface area contributed by atoms with Crippen LogP contribution in [0.4, 0.5) is 5.82 Å². The molecular weight excluding hydrogens is 334 g/mol. The second kappa shape index (κ2) is 5.83. The summed E-state index contributed by atoms with van der Waals surface area (Å²) in [6, 6.07) is 11.5. The van der Waals surface area contributed by atoms with Crippen molar-refractivity contribution in [3.8, 4) is 5.75 Å². The highest BCUT2D eigenvalue weighted by atomic mass is 79.9. The highest BCUT2D eigenvalue weighted by molar-refractivity contribution is 9.10. The molecule has 0 saturated carbocycles. The number of pyridine rings is 1. The summed E-state index contributed by atoms with van der Waals surface area (Å²) < 4.78 is 6.07. The van der Waals surface area contributed by atoms with Gasteiger partial charge in [-0.15, -0.1) is 0 Å². The zero-order valence-corrected chi connectivity index (χ0v) is 12.8. The molecule has 0 saturated heterocycles. The zero-order chi connectivity index (χ0) is 14.8. The molecule has 0 spiro atoms. The predicted molar refractivity (Wildman–Crippen MR) is 83.0 cm³/mol. The number of amides is 1. The summed E-state index contributed by atoms with van der Waals surface area (Å²) >= 11 is 3.32. The monoisotopic (exact) mass is 347 g/mol. The molecule has 0 atom stereocenters. The summed E-state index contributed by atoms with van der Waals surface area (Å²) in [6.07, 6.45) is 0. The van der Waals surface area contributed by atoms with Gasteiger partial charge in [-0.05, 0) is 39.2 Å². The van der Waals surface area contributed by atoms with Crippen LogP contribution in [0, 0.1) is 0 Å². The van der Waals surface area contributed by atoms with Crippen molar-refractivity contribution in [3.05, 3.63) is 52.1 Å². The van der Waals surface area contributed by atoms with E-state index in [1.807, 2.05) is 30.3 Å². The number of halogens is 1. The first-order chi connectivity index (χ1) is 10.2. The summed E-state index contributed by atoms with van der Waals surface area (Å²) in [6.45, 7) is 1.01. The molecule has 1 aliphatic rings. The molecule has 1 aliphatic heterocycles. The minimum atomic E-state index is -0.101. The van der Waals surface area contributed by atoms with Gasteiger partial charge in [-0.3, -0.25) is 9.69 Å². The number of fused-ring (bicyclic) bond motifs is 1. The molecule has 0 aliphatic carbocycles. The SMILES string of the molecule is NCc1ccc(CN2C(=O)COc3ccc(Br)nc32)cc1. The Morgan fingerprint density at radius 1 is 1.19 bits per heavy atom. The van der Waals surface area contributed by atoms with Crippen LogP contribution in [0.3, 0.4) is 0 Å². The number of aromatic nitrogens is 1. The normalized spacial score (nSPS) is 13.8. The van der Waals surface area contributed by atoms with Gasteiger partial charge in [0, 0.05) is 6.54 Å². The second-order valence-electron chi connectivity index (χ2n) is 4.74. The van der Waals surface area contributed by atoms with Gasteiger partial charge in [0.2, 0.25) is 0 Å². The Labute approximate surface area is 130 Å². The van der Waals surface area contributed by atoms with Gasteiger partial charge in [0.15, 0.2) is 18.2 Å². The van der Waals surface area contributed by atoms with Crippen LogP contribution < -0.4 is 15.4 Å². The van der Waals surface area contributed by atoms with Crippen LogP contribution in [0.1, 0.15) is 11.1 Å². The van der Waals surface area contributed by atoms with Gasteiger partial charge in [-0.1, -0.05) is 24.3 Å². The Balaban J connectivity index is 1.90. The molecule has 0 radical (unpaired) electrons. The smallest absolute Gasteiger partial charge is 0.266 e. The van der Waals surface area contributed by atoms with Gasteiger partial charge in [0.1, 0.15) is 4.60 Å². The van der Waals surface area contributed by atoms with Crippen LogP contribution in [-0.2, 0) is 17.9 Å². The van der Waals surface area contributed by atoms with Crippen molar-refractivity contribution in [2.45, 2.75) is 13.1 Å². The third-order valence-electron chi connectivity index (χ3n) is 3.31. The van der Waals surface area contributed by atoms with Crippen molar-refractivity contribution >= 4 is 27.7 Å². The number of nitrogens with zero attached hydrogens (tertiary/aromatic N) is 2. The molecule has 2 aromatic rings. The van der Waals surface area contributed by atoms with Gasteiger partial charge in [-0.2, -0.15) is 0 Å². The van der Waals surface area contributed by atoms with Crippen LogP contribution >= 0.6 is 15.9 Å². The van der Waals surface area contributed by atoms with Gasteiger partial charge in [0.25, 0.3) is 5.91 Å². The fourth-order valence-electron chi connectivity index (χ4n) is 2.18. The molecule has 0 unspecified atom stereocenters. The molecule has 3 rings (SSSR count). The summed E-state index contributed by atoms with van der Waals surface area (Å²) in [5, 5.41) is 0. The van der Waals surface area contributed by atoms with E-state index in [1.54, 1.807) is 11.0 Å². The highest BCUT2D eigenvalue weighted by Gasteiger charge is 2.27. The summed E-state index contributed by atoms with van der Waals surface area (Å²) in [4.78, 5) is 18.1. The Morgan fingerprint density at radius 2 is 1.90 bits per heavy atom. The fourth-order valence-corrected chi connectivity index (χ4v) is 2.48. The van der Waals surface area contributed by atoms with E-state index >= 15 is 0 Å². The highest BCUT2D eigenvalue weighted by Crippen LogP contribution is 2.32. The average Bonchev–Trinajstić information content (AvgIpc) is 2.51. The number of anilines is 1. The molecule has 0 bridgehead atoms. The van der Waals surface area contributed by atoms with E-state index in [4.69, 9.17) is 10.5 Å². The van der Waals surface area contributed by atoms with E-state index in [9.17, 15) is 4.79 Å². The molecule has 0 fully saturated rings. The number of carbonyl (C=O) groups excluding carboxylic acids is 1. The van der Waals surface area contributed by atoms with Gasteiger partial charge < -0.3 is 10.5 Å². The standard InChI is InChI=1S/C15H14BrN3O2/c16-13-6-5-12-15(18-13)19(14(20)9-21-12)8-11-3-1-10(7-17)2-4-11/h1-6H,7-9,17H2. The second-order valence-corrected chi connectivity index (χ2v) is 5.56. The van der Waals surface area contributed by atoms with Crippen LogP contribution in [0.15, 0.2) is 41.0 Å². The molecule has 1 aromatic carbocycles. The molecule has 5 nitrogen and oxygen atoms in total. The Hall–Kier alpha value is -1.92. The average molecular weight is 348 g/mol. The van der Waals surface area contributed by atoms with Crippen LogP contribution in [0.2, 0.25) is 0 Å². The van der Waals surface area contributed by atoms with E-state index in [0.717, 1.165) is 11.1 Å². The summed E-state index contributed by atoms with van der Waals surface area (Å²) in [5.41, 5.74) is 7.68. The Bertz CT molecular complexity index is 673. The first-order valence-electron chi connectivity index (χ1n) is 6.55. The quantitative estimate of drug-likeness (QED) is 0.864. The zero-order valence-electron chi connectivity index (χ0n) is 11.3. The number of carbonyl (C=O) groups is 1. The van der Waals surface area contributed by atoms with Crippen molar-refractivity contribution in [1.29, 1.82) is 0 Å². The van der Waals surface area contributed by atoms with Gasteiger partial charge >= 0.3 is 0 Å². The van der Waals surface area contributed by atoms with Crippen molar-refractivity contribution in [3.63, 3.8) is 0 Å². The summed E-state index contributed by atoms with van der Waals surface area (Å²) in [7, 11) is 0. The lowest BCUT2D eigenvalue weighted by atomic mass is 10.1. The first-order valence-corrected chi connectivity index (χ1v) is 7.34. The number of hydrogen-bond donors (Lipinski definition) is 1. The minimum Gasteiger partial charge on any atom is -0.480 e. The van der Waals surface area contributed by atoms with E-state index in [2.05, 4.69) is 20.9 Å². The van der Waals surface area contributed by atoms with E-state index < -0.39 is 0 Å². The number of hydrogen-bond acceptors (Lipinski definition) is 4. The molecule has 1 aromatic heterocycles. The van der Waals surface area contributed by atoms with Crippen molar-refractivity contribution in [1.82, 2.24) is 4.98 Å². The van der Waals surface area contributed by atoms with E-state index in [1.165, 1.54) is 0 Å². The number of rotatable bonds is 3. The van der Waals surface area contributed by atoms with Crippen molar-refractivity contribution in [2.24, 2.45) is 5.73 Å². The molecule has 2 heterocycles. The lowest BCUT2D eigenvalue weighted by Gasteiger charge is -2.28. The topological polar surface area (TPSA) is 68.5 Å². The molecule has 1 amide bonds. The van der Waals surface area contributed by atoms with Crippen molar-refractivity contribution in [2.75, 3.05) is 11.5 Å². The van der Waals surface area contributed by atoms with Crippen molar-refractivity contribution < 1.29 is 9.53 Å². The maximum atomic E-state index is 12.1. The number of nitrogens with two attached hydrogens (primary N) is 1. The van der Waals surface area contributed by atoms with Crippen LogP contribution in [-0.4, -0.2) is 17.5 Å². The third kappa shape index (κ3) is 2.91. The van der Waals surface area contributed by atoms with Crippen LogP contribution in [0.5, 0.6) is 5.75 Å². The Morgan fingerprint density at radius 3 is 2.62 bits per heavy atom. The molecule has 108 valence electrons. The third-order valence-corrected chi connectivity index (χ3v) is 3.75. The molecule has 2 N–H and O–H groups in total. The van der Waals surface area contributed by atoms with Crippen LogP contribution in [0.25, 0.3) is 0 Å². The summed E-state index contributed by atoms with van der Waals surface area (Å²) in [5.74, 6) is 1.07. The van der Waals surface area contributed by atoms with Gasteiger partial charge in [-0.25, -0.2) is 4.98 Å². The first kappa shape index (κ1) is 14.0. The van der Waals surface area contributed by atoms with Gasteiger partial charge in [0.05, 0.1) is 6.54 Å². The van der Waals surface area contributed by atoms with E-state index in [0.29, 0.717) is 29.3 Å². The molecular formula is C15H14BrN3O2. The largest absolute Gasteiger partial charge is 0.480 e. The fraction of sp³-hybridized carbons (Fsp3) is 0.200.